The Balaban J connectivity index is 2.56. The summed E-state index contributed by atoms with van der Waals surface area (Å²) >= 11 is 5.90. The summed E-state index contributed by atoms with van der Waals surface area (Å²) in [5, 5.41) is 0.702. The van der Waals surface area contributed by atoms with Crippen LogP contribution in [0.5, 0.6) is 0 Å². The predicted molar refractivity (Wildman–Crippen MR) is 62.9 cm³/mol. The smallest absolute Gasteiger partial charge is 0.127 e. The lowest BCUT2D eigenvalue weighted by Crippen LogP contribution is -2.33. The van der Waals surface area contributed by atoms with Crippen molar-refractivity contribution in [1.82, 2.24) is 9.97 Å². The molecule has 0 amide bonds. The molecule has 0 bridgehead atoms. The van der Waals surface area contributed by atoms with E-state index >= 15 is 0 Å². The predicted octanol–water partition coefficient (Wildman–Crippen LogP) is 2.80. The lowest BCUT2D eigenvalue weighted by atomic mass is 10.0. The van der Waals surface area contributed by atoms with Crippen LogP contribution in [-0.2, 0) is 5.54 Å². The first-order valence-corrected chi connectivity index (χ1v) is 5.35. The van der Waals surface area contributed by atoms with Crippen LogP contribution in [-0.4, -0.2) is 9.97 Å². The van der Waals surface area contributed by atoms with Crippen molar-refractivity contribution in [2.75, 3.05) is 0 Å². The molecule has 0 aliphatic carbocycles. The average Bonchev–Trinajstić information content (AvgIpc) is 2.61. The molecule has 4 heteroatoms. The van der Waals surface area contributed by atoms with Gasteiger partial charge in [0.2, 0.25) is 0 Å². The highest BCUT2D eigenvalue weighted by Crippen LogP contribution is 2.23. The van der Waals surface area contributed by atoms with Gasteiger partial charge in [-0.3, -0.25) is 0 Å². The van der Waals surface area contributed by atoms with E-state index in [2.05, 4.69) is 9.97 Å². The number of nitrogens with zero attached hydrogens (tertiary/aromatic N) is 1. The minimum atomic E-state index is -0.411. The van der Waals surface area contributed by atoms with Crippen LogP contribution < -0.4 is 5.73 Å². The van der Waals surface area contributed by atoms with Gasteiger partial charge in [-0.2, -0.15) is 0 Å². The molecular formula is C11H14ClN3. The van der Waals surface area contributed by atoms with E-state index in [9.17, 15) is 0 Å². The number of nitrogens with one attached hydrogen (secondary N) is 1. The van der Waals surface area contributed by atoms with E-state index in [4.69, 9.17) is 17.3 Å². The molecule has 3 nitrogen and oxygen atoms in total. The van der Waals surface area contributed by atoms with Crippen LogP contribution in [0, 0.1) is 0 Å². The topological polar surface area (TPSA) is 54.7 Å². The largest absolute Gasteiger partial charge is 0.340 e. The summed E-state index contributed by atoms with van der Waals surface area (Å²) in [4.78, 5) is 7.66. The number of hydrogen-bond donors (Lipinski definition) is 2. The number of fused-ring (bicyclic) bond motifs is 1. The molecule has 0 fully saturated rings. The van der Waals surface area contributed by atoms with Crippen LogP contribution >= 0.6 is 11.6 Å². The second-order valence-corrected chi connectivity index (χ2v) is 4.45. The Bertz CT molecular complexity index is 488. The van der Waals surface area contributed by atoms with Crippen LogP contribution in [0.1, 0.15) is 26.1 Å². The Labute approximate surface area is 93.6 Å². The Kier molecular flexibility index (Phi) is 2.44. The second kappa shape index (κ2) is 3.51. The second-order valence-electron chi connectivity index (χ2n) is 4.02. The molecule has 2 rings (SSSR count). The molecule has 1 unspecified atom stereocenters. The third-order valence-electron chi connectivity index (χ3n) is 2.72. The van der Waals surface area contributed by atoms with Gasteiger partial charge in [-0.25, -0.2) is 4.98 Å². The molecule has 1 atom stereocenters. The normalized spacial score (nSPS) is 15.5. The van der Waals surface area contributed by atoms with Gasteiger partial charge < -0.3 is 10.7 Å². The van der Waals surface area contributed by atoms with E-state index in [-0.39, 0.29) is 0 Å². The third kappa shape index (κ3) is 1.85. The molecule has 1 aromatic carbocycles. The van der Waals surface area contributed by atoms with E-state index in [0.717, 1.165) is 23.3 Å². The average molecular weight is 224 g/mol. The highest BCUT2D eigenvalue weighted by atomic mass is 35.5. The van der Waals surface area contributed by atoms with Gasteiger partial charge in [0.15, 0.2) is 0 Å². The Morgan fingerprint density at radius 1 is 1.53 bits per heavy atom. The fourth-order valence-corrected chi connectivity index (χ4v) is 1.59. The minimum Gasteiger partial charge on any atom is -0.340 e. The van der Waals surface area contributed by atoms with E-state index in [1.165, 1.54) is 0 Å². The molecule has 1 heterocycles. The first-order valence-electron chi connectivity index (χ1n) is 4.97. The number of rotatable bonds is 2. The number of hydrogen-bond acceptors (Lipinski definition) is 2. The Morgan fingerprint density at radius 2 is 2.27 bits per heavy atom. The summed E-state index contributed by atoms with van der Waals surface area (Å²) in [5.74, 6) is 0.808. The maximum atomic E-state index is 6.11. The van der Waals surface area contributed by atoms with Crippen molar-refractivity contribution < 1.29 is 0 Å². The van der Waals surface area contributed by atoms with Gasteiger partial charge >= 0.3 is 0 Å². The molecular weight excluding hydrogens is 210 g/mol. The van der Waals surface area contributed by atoms with Crippen LogP contribution in [0.15, 0.2) is 18.2 Å². The van der Waals surface area contributed by atoms with Crippen molar-refractivity contribution in [3.8, 4) is 0 Å². The van der Waals surface area contributed by atoms with Gasteiger partial charge in [0.25, 0.3) is 0 Å². The van der Waals surface area contributed by atoms with E-state index in [1.54, 1.807) is 0 Å². The monoisotopic (exact) mass is 223 g/mol. The van der Waals surface area contributed by atoms with E-state index < -0.39 is 5.54 Å². The van der Waals surface area contributed by atoms with Crippen molar-refractivity contribution >= 4 is 22.6 Å². The molecule has 0 aliphatic heterocycles. The standard InChI is InChI=1S/C11H14ClN3/c1-3-11(2,13)10-14-8-5-4-7(12)6-9(8)15-10/h4-6H,3,13H2,1-2H3,(H,14,15). The molecule has 0 saturated carbocycles. The minimum absolute atomic E-state index is 0.411. The quantitative estimate of drug-likeness (QED) is 0.823. The number of aromatic amines is 1. The molecule has 3 N–H and O–H groups in total. The number of imidazole rings is 1. The summed E-state index contributed by atoms with van der Waals surface area (Å²) in [7, 11) is 0. The number of aromatic nitrogens is 2. The summed E-state index contributed by atoms with van der Waals surface area (Å²) in [6.07, 6.45) is 0.834. The molecule has 1 aromatic heterocycles. The third-order valence-corrected chi connectivity index (χ3v) is 2.95. The van der Waals surface area contributed by atoms with Crippen LogP contribution in [0.4, 0.5) is 0 Å². The van der Waals surface area contributed by atoms with E-state index in [1.807, 2.05) is 32.0 Å². The molecule has 0 aliphatic rings. The van der Waals surface area contributed by atoms with Gasteiger partial charge in [0.1, 0.15) is 5.82 Å². The SMILES string of the molecule is CCC(C)(N)c1nc2ccc(Cl)cc2[nH]1. The zero-order valence-corrected chi connectivity index (χ0v) is 9.60. The van der Waals surface area contributed by atoms with Gasteiger partial charge in [0, 0.05) is 5.02 Å². The van der Waals surface area contributed by atoms with Crippen molar-refractivity contribution in [2.24, 2.45) is 5.73 Å². The maximum Gasteiger partial charge on any atom is 0.127 e. The Morgan fingerprint density at radius 3 is 2.93 bits per heavy atom. The fraction of sp³-hybridized carbons (Fsp3) is 0.364. The number of halogens is 1. The van der Waals surface area contributed by atoms with Crippen LogP contribution in [0.2, 0.25) is 5.02 Å². The lowest BCUT2D eigenvalue weighted by molar-refractivity contribution is 0.451. The van der Waals surface area contributed by atoms with Gasteiger partial charge in [0.05, 0.1) is 16.6 Å². The van der Waals surface area contributed by atoms with Gasteiger partial charge in [-0.15, -0.1) is 0 Å². The number of nitrogens with two attached hydrogens (primary N) is 1. The Hall–Kier alpha value is -1.06. The number of benzene rings is 1. The van der Waals surface area contributed by atoms with Gasteiger partial charge in [-0.05, 0) is 31.5 Å². The highest BCUT2D eigenvalue weighted by Gasteiger charge is 2.22. The number of H-pyrrole nitrogens is 1. The van der Waals surface area contributed by atoms with Crippen molar-refractivity contribution in [2.45, 2.75) is 25.8 Å². The molecule has 80 valence electrons. The zero-order chi connectivity index (χ0) is 11.1. The molecule has 15 heavy (non-hydrogen) atoms. The lowest BCUT2D eigenvalue weighted by Gasteiger charge is -2.19. The van der Waals surface area contributed by atoms with Gasteiger partial charge in [-0.1, -0.05) is 18.5 Å². The molecule has 0 saturated heterocycles. The first kappa shape index (κ1) is 10.5. The molecule has 0 radical (unpaired) electrons. The van der Waals surface area contributed by atoms with Crippen molar-refractivity contribution in [3.05, 3.63) is 29.0 Å². The molecule has 0 spiro atoms. The summed E-state index contributed by atoms with van der Waals surface area (Å²) in [6.45, 7) is 4.01. The summed E-state index contributed by atoms with van der Waals surface area (Å²) < 4.78 is 0. The first-order chi connectivity index (χ1) is 7.03. The van der Waals surface area contributed by atoms with Crippen LogP contribution in [0.3, 0.4) is 0 Å². The highest BCUT2D eigenvalue weighted by molar-refractivity contribution is 6.31. The fourth-order valence-electron chi connectivity index (χ4n) is 1.42. The summed E-state index contributed by atoms with van der Waals surface area (Å²) in [6, 6.07) is 5.58. The van der Waals surface area contributed by atoms with Crippen molar-refractivity contribution in [1.29, 1.82) is 0 Å². The molecule has 2 aromatic rings. The maximum absolute atomic E-state index is 6.11. The van der Waals surface area contributed by atoms with E-state index in [0.29, 0.717) is 5.02 Å². The summed E-state index contributed by atoms with van der Waals surface area (Å²) in [5.41, 5.74) is 7.54. The van der Waals surface area contributed by atoms with Crippen LogP contribution in [0.25, 0.3) is 11.0 Å². The zero-order valence-electron chi connectivity index (χ0n) is 8.84. The van der Waals surface area contributed by atoms with Crippen molar-refractivity contribution in [3.63, 3.8) is 0 Å².